The zero-order valence-electron chi connectivity index (χ0n) is 12.6. The summed E-state index contributed by atoms with van der Waals surface area (Å²) in [5.41, 5.74) is -5.98. The van der Waals surface area contributed by atoms with E-state index in [1.807, 2.05) is 6.26 Å². The molecule has 134 valence electrons. The van der Waals surface area contributed by atoms with Crippen LogP contribution in [0.25, 0.3) is 0 Å². The highest BCUT2D eigenvalue weighted by molar-refractivity contribution is 7.98. The summed E-state index contributed by atoms with van der Waals surface area (Å²) < 4.78 is 60.9. The van der Waals surface area contributed by atoms with E-state index in [9.17, 15) is 31.7 Å². The zero-order valence-corrected chi connectivity index (χ0v) is 14.2. The van der Waals surface area contributed by atoms with E-state index >= 15 is 0 Å². The van der Waals surface area contributed by atoms with Gasteiger partial charge < -0.3 is 4.90 Å². The summed E-state index contributed by atoms with van der Waals surface area (Å²) in [7, 11) is -5.62. The lowest BCUT2D eigenvalue weighted by molar-refractivity contribution is -0.384. The van der Waals surface area contributed by atoms with Gasteiger partial charge in [0.05, 0.1) is 9.82 Å². The van der Waals surface area contributed by atoms with Crippen LogP contribution in [-0.2, 0) is 9.84 Å². The number of hydrogen-bond donors (Lipinski definition) is 0. The maximum atomic E-state index is 12.6. The van der Waals surface area contributed by atoms with E-state index in [1.165, 1.54) is 0 Å². The van der Waals surface area contributed by atoms with Crippen LogP contribution in [0, 0.1) is 10.1 Å². The molecule has 1 saturated heterocycles. The van der Waals surface area contributed by atoms with Crippen molar-refractivity contribution in [3.63, 3.8) is 0 Å². The van der Waals surface area contributed by atoms with Gasteiger partial charge in [0.15, 0.2) is 0 Å². The van der Waals surface area contributed by atoms with Crippen LogP contribution in [0.4, 0.5) is 24.5 Å². The predicted molar refractivity (Wildman–Crippen MR) is 85.1 cm³/mol. The first kappa shape index (κ1) is 18.8. The van der Waals surface area contributed by atoms with Gasteiger partial charge in [-0.3, -0.25) is 10.1 Å². The Morgan fingerprint density at radius 3 is 2.62 bits per heavy atom. The topological polar surface area (TPSA) is 80.5 Å². The van der Waals surface area contributed by atoms with Crippen LogP contribution in [0.3, 0.4) is 0 Å². The first-order chi connectivity index (χ1) is 11.1. The van der Waals surface area contributed by atoms with Crippen LogP contribution >= 0.6 is 11.8 Å². The second-order valence-corrected chi connectivity index (χ2v) is 8.15. The number of anilines is 1. The lowest BCUT2D eigenvalue weighted by atomic mass is 10.2. The van der Waals surface area contributed by atoms with Crippen molar-refractivity contribution >= 4 is 33.0 Å². The first-order valence-corrected chi connectivity index (χ1v) is 9.82. The molecule has 24 heavy (non-hydrogen) atoms. The van der Waals surface area contributed by atoms with Gasteiger partial charge in [0.2, 0.25) is 0 Å². The van der Waals surface area contributed by atoms with Gasteiger partial charge in [0.1, 0.15) is 5.69 Å². The Morgan fingerprint density at radius 1 is 1.42 bits per heavy atom. The summed E-state index contributed by atoms with van der Waals surface area (Å²) in [5.74, 6) is 0.722. The highest BCUT2D eigenvalue weighted by Gasteiger charge is 2.47. The number of halogens is 3. The minimum Gasteiger partial charge on any atom is -0.362 e. The monoisotopic (exact) mass is 384 g/mol. The van der Waals surface area contributed by atoms with Crippen molar-refractivity contribution in [2.24, 2.45) is 0 Å². The summed E-state index contributed by atoms with van der Waals surface area (Å²) >= 11 is 1.57. The molecule has 0 N–H and O–H groups in total. The van der Waals surface area contributed by atoms with Gasteiger partial charge in [-0.15, -0.1) is 0 Å². The molecule has 0 radical (unpaired) electrons. The van der Waals surface area contributed by atoms with Crippen molar-refractivity contribution in [3.05, 3.63) is 28.3 Å². The van der Waals surface area contributed by atoms with Crippen molar-refractivity contribution in [3.8, 4) is 0 Å². The molecule has 1 aliphatic rings. The smallest absolute Gasteiger partial charge is 0.362 e. The van der Waals surface area contributed by atoms with E-state index in [0.717, 1.165) is 30.7 Å². The SMILES string of the molecule is CSCC1CCCN1c1ccc(S(=O)(=O)C(F)(F)F)cc1[N+](=O)[O-]. The van der Waals surface area contributed by atoms with Crippen molar-refractivity contribution in [2.75, 3.05) is 23.5 Å². The van der Waals surface area contributed by atoms with Crippen LogP contribution in [0.5, 0.6) is 0 Å². The Balaban J connectivity index is 2.51. The molecule has 1 unspecified atom stereocenters. The van der Waals surface area contributed by atoms with Gasteiger partial charge in [0.25, 0.3) is 15.5 Å². The third-order valence-electron chi connectivity index (χ3n) is 3.80. The molecule has 1 atom stereocenters. The summed E-state index contributed by atoms with van der Waals surface area (Å²) in [5, 5.41) is 11.3. The third kappa shape index (κ3) is 3.46. The van der Waals surface area contributed by atoms with Gasteiger partial charge in [-0.1, -0.05) is 0 Å². The summed E-state index contributed by atoms with van der Waals surface area (Å²) in [6.07, 6.45) is 3.52. The fourth-order valence-electron chi connectivity index (χ4n) is 2.71. The van der Waals surface area contributed by atoms with Gasteiger partial charge >= 0.3 is 5.51 Å². The summed E-state index contributed by atoms with van der Waals surface area (Å²) in [4.78, 5) is 11.1. The molecule has 0 aliphatic carbocycles. The highest BCUT2D eigenvalue weighted by Crippen LogP contribution is 2.38. The lowest BCUT2D eigenvalue weighted by Crippen LogP contribution is -2.31. The Kier molecular flexibility index (Phi) is 5.33. The number of nitro benzene ring substituents is 1. The summed E-state index contributed by atoms with van der Waals surface area (Å²) in [6, 6.07) is 2.39. The molecule has 1 aromatic rings. The van der Waals surface area contributed by atoms with E-state index in [2.05, 4.69) is 0 Å². The third-order valence-corrected chi connectivity index (χ3v) is 6.01. The molecule has 1 fully saturated rings. The average Bonchev–Trinajstić information content (AvgIpc) is 2.94. The molecule has 0 spiro atoms. The number of rotatable bonds is 5. The van der Waals surface area contributed by atoms with Gasteiger partial charge in [-0.25, -0.2) is 8.42 Å². The van der Waals surface area contributed by atoms with Crippen molar-refractivity contribution in [2.45, 2.75) is 29.3 Å². The van der Waals surface area contributed by atoms with E-state index < -0.39 is 30.9 Å². The zero-order chi connectivity index (χ0) is 18.1. The van der Waals surface area contributed by atoms with Crippen LogP contribution in [0.2, 0.25) is 0 Å². The molecule has 0 bridgehead atoms. The second-order valence-electron chi connectivity index (χ2n) is 5.30. The second kappa shape index (κ2) is 6.79. The van der Waals surface area contributed by atoms with E-state index in [-0.39, 0.29) is 11.7 Å². The maximum absolute atomic E-state index is 12.6. The quantitative estimate of drug-likeness (QED) is 0.573. The molecular formula is C13H15F3N2O4S2. The fraction of sp³-hybridized carbons (Fsp3) is 0.538. The molecular weight excluding hydrogens is 369 g/mol. The number of thioether (sulfide) groups is 1. The molecule has 1 heterocycles. The van der Waals surface area contributed by atoms with E-state index in [0.29, 0.717) is 12.6 Å². The predicted octanol–water partition coefficient (Wildman–Crippen LogP) is 3.22. The number of benzene rings is 1. The van der Waals surface area contributed by atoms with Gasteiger partial charge in [-0.2, -0.15) is 24.9 Å². The Bertz CT molecular complexity index is 737. The van der Waals surface area contributed by atoms with Crippen molar-refractivity contribution < 1.29 is 26.5 Å². The molecule has 0 saturated carbocycles. The molecule has 11 heteroatoms. The van der Waals surface area contributed by atoms with Gasteiger partial charge in [0, 0.05) is 24.4 Å². The van der Waals surface area contributed by atoms with E-state index in [1.54, 1.807) is 16.7 Å². The van der Waals surface area contributed by atoms with Gasteiger partial charge in [-0.05, 0) is 31.2 Å². The summed E-state index contributed by atoms with van der Waals surface area (Å²) in [6.45, 7) is 0.539. The normalized spacial score (nSPS) is 18.8. The number of nitro groups is 1. The lowest BCUT2D eigenvalue weighted by Gasteiger charge is -2.26. The Labute approximate surface area is 141 Å². The van der Waals surface area contributed by atoms with Crippen LogP contribution in [0.1, 0.15) is 12.8 Å². The number of hydrogen-bond acceptors (Lipinski definition) is 6. The standard InChI is InChI=1S/C13H15F3N2O4S2/c1-23-8-9-3-2-6-17(9)11-5-4-10(7-12(11)18(19)20)24(21,22)13(14,15)16/h4-5,7,9H,2-3,6,8H2,1H3. The molecule has 1 aromatic carbocycles. The fourth-order valence-corrected chi connectivity index (χ4v) is 4.22. The minimum atomic E-state index is -5.62. The molecule has 0 aromatic heterocycles. The molecule has 2 rings (SSSR count). The highest BCUT2D eigenvalue weighted by atomic mass is 32.2. The number of alkyl halides is 3. The van der Waals surface area contributed by atoms with Crippen molar-refractivity contribution in [1.82, 2.24) is 0 Å². The van der Waals surface area contributed by atoms with Crippen LogP contribution < -0.4 is 4.90 Å². The first-order valence-electron chi connectivity index (χ1n) is 6.95. The molecule has 1 aliphatic heterocycles. The van der Waals surface area contributed by atoms with E-state index in [4.69, 9.17) is 0 Å². The molecule has 6 nitrogen and oxygen atoms in total. The minimum absolute atomic E-state index is 0.0313. The van der Waals surface area contributed by atoms with Crippen molar-refractivity contribution in [1.29, 1.82) is 0 Å². The van der Waals surface area contributed by atoms with Crippen LogP contribution in [0.15, 0.2) is 23.1 Å². The Hall–Kier alpha value is -1.49. The number of nitrogens with zero attached hydrogens (tertiary/aromatic N) is 2. The molecule has 0 amide bonds. The maximum Gasteiger partial charge on any atom is 0.501 e. The largest absolute Gasteiger partial charge is 0.501 e. The average molecular weight is 384 g/mol. The van der Waals surface area contributed by atoms with Crippen LogP contribution in [-0.4, -0.2) is 43.4 Å². The number of sulfone groups is 1. The Morgan fingerprint density at radius 2 is 2.08 bits per heavy atom.